The van der Waals surface area contributed by atoms with Crippen molar-refractivity contribution in [3.05, 3.63) is 35.7 Å². The molecule has 10 nitrogen and oxygen atoms in total. The average Bonchev–Trinajstić information content (AvgIpc) is 3.14. The van der Waals surface area contributed by atoms with E-state index in [-0.39, 0.29) is 30.9 Å². The summed E-state index contributed by atoms with van der Waals surface area (Å²) in [5.41, 5.74) is 15.8. The van der Waals surface area contributed by atoms with Gasteiger partial charge in [0, 0.05) is 35.2 Å². The van der Waals surface area contributed by atoms with Crippen LogP contribution < -0.4 is 16.2 Å². The van der Waals surface area contributed by atoms with Crippen LogP contribution in [0, 0.1) is 0 Å². The number of carbonyl (C=O) groups is 1. The van der Waals surface area contributed by atoms with Crippen molar-refractivity contribution in [3.63, 3.8) is 0 Å². The molecule has 1 atom stereocenters. The van der Waals surface area contributed by atoms with E-state index in [1.807, 2.05) is 32.0 Å². The molecule has 2 fully saturated rings. The maximum atomic E-state index is 11.7. The number of nitrogens with two attached hydrogens (primary N) is 2. The minimum atomic E-state index is -0.632. The summed E-state index contributed by atoms with van der Waals surface area (Å²) < 4.78 is 11.6. The van der Waals surface area contributed by atoms with Gasteiger partial charge in [0.25, 0.3) is 0 Å². The van der Waals surface area contributed by atoms with Crippen LogP contribution in [-0.2, 0) is 15.0 Å². The maximum Gasteiger partial charge on any atom is 0.410 e. The summed E-state index contributed by atoms with van der Waals surface area (Å²) in [4.78, 5) is 27.7. The van der Waals surface area contributed by atoms with Gasteiger partial charge in [0.2, 0.25) is 0 Å². The predicted octanol–water partition coefficient (Wildman–Crippen LogP) is 2.84. The van der Waals surface area contributed by atoms with Crippen LogP contribution in [-0.4, -0.2) is 65.1 Å². The molecule has 0 bridgehead atoms. The van der Waals surface area contributed by atoms with Crippen LogP contribution in [0.3, 0.4) is 0 Å². The lowest BCUT2D eigenvalue weighted by molar-refractivity contribution is 0.0486. The van der Waals surface area contributed by atoms with Crippen LogP contribution in [0.15, 0.2) is 29.7 Å². The van der Waals surface area contributed by atoms with Gasteiger partial charge in [-0.25, -0.2) is 14.8 Å². The lowest BCUT2D eigenvalue weighted by Crippen LogP contribution is -2.36. The number of oxime groups is 1. The second-order valence-electron chi connectivity index (χ2n) is 10.1. The fraction of sp³-hybridized carbons (Fsp3) is 0.520. The van der Waals surface area contributed by atoms with Gasteiger partial charge < -0.3 is 30.7 Å². The first kappa shape index (κ1) is 23.3. The fourth-order valence-corrected chi connectivity index (χ4v) is 5.16. The molecule has 1 aromatic carbocycles. The number of fused-ring (bicyclic) bond motifs is 3. The van der Waals surface area contributed by atoms with Gasteiger partial charge in [-0.15, -0.1) is 0 Å². The molecular formula is C25H32N6O4. The number of nitrogens with zero attached hydrogens (tertiary/aromatic N) is 4. The Morgan fingerprint density at radius 3 is 2.69 bits per heavy atom. The Bertz CT molecular complexity index is 1160. The zero-order chi connectivity index (χ0) is 24.7. The number of amides is 1. The maximum absolute atomic E-state index is 11.7. The number of ether oxygens (including phenoxy) is 2. The standard InChI is InChI=1S/C25H32N6O4/c1-25(2)20-21(28-13-29-23(20)27)18-9-8-16(34-15-6-4-14(26)5-7-15)10-19(18)22(25)30-33-12-17-11-31(3)24(32)35-17/h8-10,13-15,17H,4-7,11-12,26H2,1-3H3,(H2,27,28,29)/b30-22+/t14-,15+,17-/m0/s1. The van der Waals surface area contributed by atoms with Gasteiger partial charge in [-0.05, 0) is 57.7 Å². The summed E-state index contributed by atoms with van der Waals surface area (Å²) in [6.07, 6.45) is 4.69. The number of carbonyl (C=O) groups excluding carboxylic acids is 1. The molecule has 35 heavy (non-hydrogen) atoms. The number of hydrogen-bond acceptors (Lipinski definition) is 9. The van der Waals surface area contributed by atoms with Gasteiger partial charge in [-0.2, -0.15) is 0 Å². The molecule has 1 saturated carbocycles. The monoisotopic (exact) mass is 480 g/mol. The van der Waals surface area contributed by atoms with Gasteiger partial charge in [0.15, 0.2) is 12.7 Å². The number of anilines is 1. The van der Waals surface area contributed by atoms with E-state index >= 15 is 0 Å². The van der Waals surface area contributed by atoms with E-state index in [1.54, 1.807) is 7.05 Å². The summed E-state index contributed by atoms with van der Waals surface area (Å²) in [5, 5.41) is 4.55. The first-order valence-electron chi connectivity index (χ1n) is 12.0. The number of hydrogen-bond donors (Lipinski definition) is 2. The molecule has 5 rings (SSSR count). The normalized spacial score (nSPS) is 26.2. The minimum absolute atomic E-state index is 0.139. The number of aromatic nitrogens is 2. The Labute approximate surface area is 204 Å². The van der Waals surface area contributed by atoms with Crippen LogP contribution in [0.5, 0.6) is 5.75 Å². The number of nitrogen functional groups attached to an aromatic ring is 1. The van der Waals surface area contributed by atoms with Crippen molar-refractivity contribution in [2.24, 2.45) is 10.9 Å². The number of benzene rings is 1. The van der Waals surface area contributed by atoms with E-state index in [1.165, 1.54) is 11.2 Å². The zero-order valence-electron chi connectivity index (χ0n) is 20.4. The van der Waals surface area contributed by atoms with E-state index in [0.717, 1.165) is 53.8 Å². The molecule has 2 heterocycles. The SMILES string of the molecule is CN1C[C@@H](CO/N=C2\c3cc(O[C@H]4CC[C@@H](N)CC4)ccc3-c3ncnc(N)c3C2(C)C)OC1=O. The molecule has 1 amide bonds. The average molecular weight is 481 g/mol. The minimum Gasteiger partial charge on any atom is -0.490 e. The molecule has 1 saturated heterocycles. The van der Waals surface area contributed by atoms with Crippen molar-refractivity contribution in [2.45, 2.75) is 63.2 Å². The Hall–Kier alpha value is -3.40. The van der Waals surface area contributed by atoms with Crippen LogP contribution in [0.1, 0.15) is 50.7 Å². The van der Waals surface area contributed by atoms with Crippen LogP contribution in [0.25, 0.3) is 11.3 Å². The molecule has 3 aliphatic rings. The number of rotatable bonds is 5. The first-order valence-corrected chi connectivity index (χ1v) is 12.0. The smallest absolute Gasteiger partial charge is 0.410 e. The first-order chi connectivity index (χ1) is 16.7. The zero-order valence-corrected chi connectivity index (χ0v) is 20.4. The van der Waals surface area contributed by atoms with Crippen LogP contribution >= 0.6 is 0 Å². The van der Waals surface area contributed by atoms with Crippen molar-refractivity contribution >= 4 is 17.6 Å². The predicted molar refractivity (Wildman–Crippen MR) is 131 cm³/mol. The Morgan fingerprint density at radius 2 is 1.97 bits per heavy atom. The highest BCUT2D eigenvalue weighted by atomic mass is 16.7. The molecule has 186 valence electrons. The number of cyclic esters (lactones) is 1. The quantitative estimate of drug-likeness (QED) is 0.623. The second kappa shape index (κ2) is 8.99. The van der Waals surface area contributed by atoms with E-state index in [4.69, 9.17) is 25.8 Å². The van der Waals surface area contributed by atoms with Crippen LogP contribution in [0.4, 0.5) is 10.6 Å². The Kier molecular flexibility index (Phi) is 6.00. The molecule has 1 aromatic heterocycles. The Morgan fingerprint density at radius 1 is 1.20 bits per heavy atom. The van der Waals surface area contributed by atoms with Crippen molar-refractivity contribution < 1.29 is 19.1 Å². The van der Waals surface area contributed by atoms with Gasteiger partial charge in [0.05, 0.1) is 24.1 Å². The van der Waals surface area contributed by atoms with E-state index in [0.29, 0.717) is 18.1 Å². The third-order valence-electron chi connectivity index (χ3n) is 7.09. The summed E-state index contributed by atoms with van der Waals surface area (Å²) in [6.45, 7) is 4.65. The summed E-state index contributed by atoms with van der Waals surface area (Å²) >= 11 is 0. The molecule has 4 N–H and O–H groups in total. The molecule has 10 heteroatoms. The molecule has 0 unspecified atom stereocenters. The molecule has 2 aliphatic carbocycles. The molecular weight excluding hydrogens is 448 g/mol. The van der Waals surface area contributed by atoms with Crippen molar-refractivity contribution in [3.8, 4) is 17.0 Å². The summed E-state index contributed by atoms with van der Waals surface area (Å²) in [7, 11) is 1.69. The highest BCUT2D eigenvalue weighted by Crippen LogP contribution is 2.45. The second-order valence-corrected chi connectivity index (χ2v) is 10.1. The largest absolute Gasteiger partial charge is 0.490 e. The molecule has 1 aliphatic heterocycles. The summed E-state index contributed by atoms with van der Waals surface area (Å²) in [5.74, 6) is 1.17. The molecule has 2 aromatic rings. The highest BCUT2D eigenvalue weighted by Gasteiger charge is 2.41. The Balaban J connectivity index is 1.48. The van der Waals surface area contributed by atoms with Gasteiger partial charge in [0.1, 0.15) is 17.9 Å². The van der Waals surface area contributed by atoms with Crippen molar-refractivity contribution in [1.29, 1.82) is 0 Å². The number of likely N-dealkylation sites (N-methyl/N-ethyl adjacent to an activating group) is 1. The van der Waals surface area contributed by atoms with Gasteiger partial charge >= 0.3 is 6.09 Å². The van der Waals surface area contributed by atoms with E-state index in [2.05, 4.69) is 15.1 Å². The topological polar surface area (TPSA) is 138 Å². The van der Waals surface area contributed by atoms with Crippen molar-refractivity contribution in [1.82, 2.24) is 14.9 Å². The lowest BCUT2D eigenvalue weighted by Gasteiger charge is -2.35. The summed E-state index contributed by atoms with van der Waals surface area (Å²) in [6, 6.07) is 6.21. The molecule has 0 spiro atoms. The van der Waals surface area contributed by atoms with E-state index in [9.17, 15) is 4.79 Å². The van der Waals surface area contributed by atoms with Crippen molar-refractivity contribution in [2.75, 3.05) is 25.9 Å². The fourth-order valence-electron chi connectivity index (χ4n) is 5.16. The highest BCUT2D eigenvalue weighted by molar-refractivity contribution is 6.15. The van der Waals surface area contributed by atoms with E-state index < -0.39 is 5.41 Å². The lowest BCUT2D eigenvalue weighted by atomic mass is 9.70. The third-order valence-corrected chi connectivity index (χ3v) is 7.09. The molecule has 0 radical (unpaired) electrons. The van der Waals surface area contributed by atoms with Gasteiger partial charge in [-0.3, -0.25) is 0 Å². The van der Waals surface area contributed by atoms with Gasteiger partial charge in [-0.1, -0.05) is 5.16 Å². The van der Waals surface area contributed by atoms with Crippen LogP contribution in [0.2, 0.25) is 0 Å². The third kappa shape index (κ3) is 4.38.